The van der Waals surface area contributed by atoms with Gasteiger partial charge < -0.3 is 14.0 Å². The summed E-state index contributed by atoms with van der Waals surface area (Å²) in [5.41, 5.74) is 2.42. The Labute approximate surface area is 210 Å². The van der Waals surface area contributed by atoms with Crippen molar-refractivity contribution in [2.75, 3.05) is 6.54 Å². The predicted octanol–water partition coefficient (Wildman–Crippen LogP) is 5.46. The number of halogens is 3. The molecule has 0 fully saturated rings. The Morgan fingerprint density at radius 2 is 1.70 bits per heavy atom. The average molecular weight is 511 g/mol. The monoisotopic (exact) mass is 510 g/mol. The molecule has 0 saturated heterocycles. The largest absolute Gasteiger partial charge is 0.444 e. The molecule has 5 rings (SSSR count). The second-order valence-electron chi connectivity index (χ2n) is 9.97. The number of rotatable bonds is 2. The summed E-state index contributed by atoms with van der Waals surface area (Å²) in [6.45, 7) is 6.35. The van der Waals surface area contributed by atoms with E-state index in [1.54, 1.807) is 29.3 Å². The Hall–Kier alpha value is -4.08. The van der Waals surface area contributed by atoms with Gasteiger partial charge in [-0.25, -0.2) is 9.78 Å². The van der Waals surface area contributed by atoms with E-state index < -0.39 is 17.3 Å². The van der Waals surface area contributed by atoms with Crippen LogP contribution in [0.3, 0.4) is 0 Å². The van der Waals surface area contributed by atoms with Crippen molar-refractivity contribution in [1.82, 2.24) is 18.9 Å². The van der Waals surface area contributed by atoms with E-state index in [1.165, 1.54) is 22.8 Å². The van der Waals surface area contributed by atoms with Gasteiger partial charge in [-0.1, -0.05) is 12.1 Å². The molecule has 0 spiro atoms. The molecule has 10 heteroatoms. The van der Waals surface area contributed by atoms with Crippen LogP contribution in [0.25, 0.3) is 22.5 Å². The summed E-state index contributed by atoms with van der Waals surface area (Å²) in [6, 6.07) is 11.3. The third-order valence-corrected chi connectivity index (χ3v) is 6.15. The molecule has 4 aromatic rings. The van der Waals surface area contributed by atoms with Gasteiger partial charge in [-0.05, 0) is 56.2 Å². The number of amides is 1. The molecule has 7 nitrogen and oxygen atoms in total. The van der Waals surface area contributed by atoms with Crippen LogP contribution < -0.4 is 5.56 Å². The maximum Gasteiger partial charge on any atom is 0.416 e. The van der Waals surface area contributed by atoms with Gasteiger partial charge in [0, 0.05) is 37.5 Å². The number of ether oxygens (including phenoxy) is 1. The fraction of sp³-hybridized carbons (Fsp3) is 0.296. The molecule has 192 valence electrons. The number of nitrogens with zero attached hydrogens (tertiary/aromatic N) is 4. The Morgan fingerprint density at radius 1 is 0.973 bits per heavy atom. The molecule has 0 aliphatic carbocycles. The van der Waals surface area contributed by atoms with Crippen LogP contribution >= 0.6 is 0 Å². The number of alkyl halides is 3. The van der Waals surface area contributed by atoms with Crippen LogP contribution in [-0.2, 0) is 23.9 Å². The van der Waals surface area contributed by atoms with Crippen LogP contribution in [0.2, 0.25) is 0 Å². The lowest BCUT2D eigenvalue weighted by Gasteiger charge is -2.29. The lowest BCUT2D eigenvalue weighted by atomic mass is 10.0. The number of carbonyl (C=O) groups excluding carboxylic acids is 1. The van der Waals surface area contributed by atoms with E-state index in [0.717, 1.165) is 23.5 Å². The molecule has 37 heavy (non-hydrogen) atoms. The SMILES string of the molecule is CC(C)(C)OC(=O)N1CCc2nc3cc(-n4ccc(-c5ccc(C(F)(F)F)cc5)cc4=O)ccn3c2C1. The molecule has 0 unspecified atom stereocenters. The normalized spacial score (nSPS) is 14.1. The van der Waals surface area contributed by atoms with Gasteiger partial charge >= 0.3 is 12.3 Å². The highest BCUT2D eigenvalue weighted by atomic mass is 19.4. The predicted molar refractivity (Wildman–Crippen MR) is 132 cm³/mol. The summed E-state index contributed by atoms with van der Waals surface area (Å²) in [5, 5.41) is 0. The molecule has 1 aliphatic heterocycles. The standard InChI is InChI=1S/C27H25F3N4O3/c1-26(2,3)37-25(36)32-11-10-21-22(16-32)34-13-9-20(15-23(34)31-21)33-12-8-18(14-24(33)35)17-4-6-19(7-5-17)27(28,29)30/h4-9,12-15H,10-11,16H2,1-3H3. The number of imidazole rings is 1. The first-order valence-electron chi connectivity index (χ1n) is 11.8. The van der Waals surface area contributed by atoms with E-state index in [2.05, 4.69) is 0 Å². The molecule has 0 radical (unpaired) electrons. The van der Waals surface area contributed by atoms with Gasteiger partial charge in [-0.2, -0.15) is 13.2 Å². The molecular weight excluding hydrogens is 485 g/mol. The molecule has 0 saturated carbocycles. The van der Waals surface area contributed by atoms with E-state index in [4.69, 9.17) is 9.72 Å². The highest BCUT2D eigenvalue weighted by molar-refractivity contribution is 5.69. The van der Waals surface area contributed by atoms with Crippen molar-refractivity contribution >= 4 is 11.7 Å². The minimum Gasteiger partial charge on any atom is -0.444 e. The zero-order valence-electron chi connectivity index (χ0n) is 20.5. The van der Waals surface area contributed by atoms with Gasteiger partial charge in [0.05, 0.1) is 29.2 Å². The molecule has 3 aromatic heterocycles. The van der Waals surface area contributed by atoms with Crippen LogP contribution in [-0.4, -0.2) is 37.1 Å². The zero-order chi connectivity index (χ0) is 26.5. The van der Waals surface area contributed by atoms with Gasteiger partial charge in [-0.3, -0.25) is 9.36 Å². The van der Waals surface area contributed by atoms with Crippen molar-refractivity contribution in [1.29, 1.82) is 0 Å². The number of fused-ring (bicyclic) bond motifs is 3. The van der Waals surface area contributed by atoms with E-state index in [0.29, 0.717) is 42.0 Å². The zero-order valence-corrected chi connectivity index (χ0v) is 20.5. The number of hydrogen-bond donors (Lipinski definition) is 0. The number of carbonyl (C=O) groups is 1. The Kier molecular flexibility index (Phi) is 5.85. The lowest BCUT2D eigenvalue weighted by molar-refractivity contribution is -0.137. The van der Waals surface area contributed by atoms with E-state index >= 15 is 0 Å². The summed E-state index contributed by atoms with van der Waals surface area (Å²) in [5.74, 6) is 0. The number of hydrogen-bond acceptors (Lipinski definition) is 4. The highest BCUT2D eigenvalue weighted by Gasteiger charge is 2.30. The van der Waals surface area contributed by atoms with Gasteiger partial charge in [0.2, 0.25) is 0 Å². The maximum absolute atomic E-state index is 12.9. The second kappa shape index (κ2) is 8.79. The Balaban J connectivity index is 1.41. The van der Waals surface area contributed by atoms with Crippen molar-refractivity contribution in [3.05, 3.63) is 88.2 Å². The summed E-state index contributed by atoms with van der Waals surface area (Å²) in [7, 11) is 0. The van der Waals surface area contributed by atoms with Crippen LogP contribution in [0.1, 0.15) is 37.7 Å². The minimum atomic E-state index is -4.42. The quantitative estimate of drug-likeness (QED) is 0.359. The average Bonchev–Trinajstić information content (AvgIpc) is 3.19. The minimum absolute atomic E-state index is 0.325. The third kappa shape index (κ3) is 4.96. The number of benzene rings is 1. The summed E-state index contributed by atoms with van der Waals surface area (Å²) < 4.78 is 47.4. The van der Waals surface area contributed by atoms with Gasteiger partial charge in [0.15, 0.2) is 0 Å². The fourth-order valence-corrected chi connectivity index (χ4v) is 4.36. The first-order chi connectivity index (χ1) is 17.4. The molecule has 4 heterocycles. The Bertz CT molecular complexity index is 1550. The van der Waals surface area contributed by atoms with Gasteiger partial charge in [-0.15, -0.1) is 0 Å². The molecule has 1 aliphatic rings. The molecule has 0 atom stereocenters. The molecule has 0 bridgehead atoms. The summed E-state index contributed by atoms with van der Waals surface area (Å²) in [6.07, 6.45) is -0.794. The molecular formula is C27H25F3N4O3. The number of aromatic nitrogens is 3. The van der Waals surface area contributed by atoms with E-state index in [1.807, 2.05) is 31.4 Å². The van der Waals surface area contributed by atoms with Crippen molar-refractivity contribution in [2.45, 2.75) is 45.5 Å². The lowest BCUT2D eigenvalue weighted by Crippen LogP contribution is -2.40. The van der Waals surface area contributed by atoms with E-state index in [9.17, 15) is 22.8 Å². The van der Waals surface area contributed by atoms with Crippen molar-refractivity contribution in [2.24, 2.45) is 0 Å². The van der Waals surface area contributed by atoms with Crippen molar-refractivity contribution < 1.29 is 22.7 Å². The van der Waals surface area contributed by atoms with Gasteiger partial charge in [0.25, 0.3) is 5.56 Å². The first kappa shape index (κ1) is 24.6. The van der Waals surface area contributed by atoms with E-state index in [-0.39, 0.29) is 11.7 Å². The van der Waals surface area contributed by atoms with Crippen molar-refractivity contribution in [3.8, 4) is 16.8 Å². The van der Waals surface area contributed by atoms with Crippen LogP contribution in [0.5, 0.6) is 0 Å². The fourth-order valence-electron chi connectivity index (χ4n) is 4.36. The maximum atomic E-state index is 12.9. The first-order valence-corrected chi connectivity index (χ1v) is 11.8. The second-order valence-corrected chi connectivity index (χ2v) is 9.97. The summed E-state index contributed by atoms with van der Waals surface area (Å²) in [4.78, 5) is 31.8. The molecule has 0 N–H and O–H groups in total. The topological polar surface area (TPSA) is 68.8 Å². The van der Waals surface area contributed by atoms with Crippen LogP contribution in [0.4, 0.5) is 18.0 Å². The molecule has 1 aromatic carbocycles. The molecule has 1 amide bonds. The van der Waals surface area contributed by atoms with Crippen molar-refractivity contribution in [3.63, 3.8) is 0 Å². The third-order valence-electron chi connectivity index (χ3n) is 6.15. The summed E-state index contributed by atoms with van der Waals surface area (Å²) >= 11 is 0. The smallest absolute Gasteiger partial charge is 0.416 e. The van der Waals surface area contributed by atoms with Crippen LogP contribution in [0, 0.1) is 0 Å². The number of pyridine rings is 2. The van der Waals surface area contributed by atoms with Gasteiger partial charge in [0.1, 0.15) is 11.2 Å². The van der Waals surface area contributed by atoms with Crippen LogP contribution in [0.15, 0.2) is 65.7 Å². The Morgan fingerprint density at radius 3 is 2.35 bits per heavy atom. The highest BCUT2D eigenvalue weighted by Crippen LogP contribution is 2.31.